The average molecular weight is 283 g/mol. The van der Waals surface area contributed by atoms with E-state index < -0.39 is 0 Å². The highest BCUT2D eigenvalue weighted by Crippen LogP contribution is 2.22. The molecule has 0 amide bonds. The number of nitrogens with one attached hydrogen (secondary N) is 1. The summed E-state index contributed by atoms with van der Waals surface area (Å²) in [4.78, 5) is 0. The molecule has 19 heavy (non-hydrogen) atoms. The molecule has 0 aliphatic heterocycles. The first-order chi connectivity index (χ1) is 8.92. The molecule has 3 nitrogen and oxygen atoms in total. The van der Waals surface area contributed by atoms with E-state index in [0.29, 0.717) is 6.61 Å². The molecule has 1 aromatic carbocycles. The lowest BCUT2D eigenvalue weighted by molar-refractivity contribution is 0.115. The fourth-order valence-electron chi connectivity index (χ4n) is 1.68. The van der Waals surface area contributed by atoms with Gasteiger partial charge in [-0.1, -0.05) is 44.0 Å². The molecule has 0 heterocycles. The molecule has 0 radical (unpaired) electrons. The van der Waals surface area contributed by atoms with Gasteiger partial charge in [0.1, 0.15) is 0 Å². The Kier molecular flexibility index (Phi) is 6.32. The molecule has 0 atom stereocenters. The average Bonchev–Trinajstić information content (AvgIpc) is 2.35. The van der Waals surface area contributed by atoms with Crippen LogP contribution in [0, 0.1) is 10.8 Å². The van der Waals surface area contributed by atoms with Gasteiger partial charge in [-0.2, -0.15) is 0 Å². The van der Waals surface area contributed by atoms with Crippen LogP contribution in [-0.2, 0) is 11.3 Å². The summed E-state index contributed by atoms with van der Waals surface area (Å²) in [6.07, 6.45) is 2.93. The minimum Gasteiger partial charge on any atom is -0.387 e. The van der Waals surface area contributed by atoms with Gasteiger partial charge in [-0.05, 0) is 30.5 Å². The summed E-state index contributed by atoms with van der Waals surface area (Å²) in [6.45, 7) is 5.36. The lowest BCUT2D eigenvalue weighted by atomic mass is 9.86. The molecule has 0 spiro atoms. The first-order valence-electron chi connectivity index (χ1n) is 6.58. The van der Waals surface area contributed by atoms with Gasteiger partial charge in [0.2, 0.25) is 0 Å². The van der Waals surface area contributed by atoms with E-state index in [1.807, 2.05) is 38.1 Å². The third kappa shape index (κ3) is 6.08. The second-order valence-electron chi connectivity index (χ2n) is 5.43. The number of nitrogens with two attached hydrogens (primary N) is 1. The number of halogens is 1. The second kappa shape index (κ2) is 7.51. The van der Waals surface area contributed by atoms with Crippen LogP contribution in [0.2, 0.25) is 5.02 Å². The SMILES string of the molecule is CC(C)(CCCCOCc1ccc(Cl)cc1)C(=N)N. The van der Waals surface area contributed by atoms with Crippen molar-refractivity contribution in [2.75, 3.05) is 6.61 Å². The lowest BCUT2D eigenvalue weighted by Crippen LogP contribution is -2.30. The summed E-state index contributed by atoms with van der Waals surface area (Å²) in [5.74, 6) is 0.259. The van der Waals surface area contributed by atoms with Gasteiger partial charge in [0.25, 0.3) is 0 Å². The van der Waals surface area contributed by atoms with Gasteiger partial charge in [-0.25, -0.2) is 0 Å². The summed E-state index contributed by atoms with van der Waals surface area (Å²) in [7, 11) is 0. The Morgan fingerprint density at radius 1 is 1.26 bits per heavy atom. The molecule has 1 aromatic rings. The Morgan fingerprint density at radius 2 is 1.89 bits per heavy atom. The fourth-order valence-corrected chi connectivity index (χ4v) is 1.80. The van der Waals surface area contributed by atoms with E-state index in [-0.39, 0.29) is 11.3 Å². The van der Waals surface area contributed by atoms with Crippen molar-refractivity contribution < 1.29 is 4.74 Å². The van der Waals surface area contributed by atoms with Gasteiger partial charge in [-0.3, -0.25) is 5.41 Å². The molecule has 0 aromatic heterocycles. The lowest BCUT2D eigenvalue weighted by Gasteiger charge is -2.22. The molecule has 0 saturated heterocycles. The first-order valence-corrected chi connectivity index (χ1v) is 6.96. The van der Waals surface area contributed by atoms with Gasteiger partial charge in [0.15, 0.2) is 0 Å². The summed E-state index contributed by atoms with van der Waals surface area (Å²) in [6, 6.07) is 7.69. The van der Waals surface area contributed by atoms with Crippen molar-refractivity contribution in [3.05, 3.63) is 34.9 Å². The topological polar surface area (TPSA) is 59.1 Å². The Morgan fingerprint density at radius 3 is 2.47 bits per heavy atom. The van der Waals surface area contributed by atoms with Gasteiger partial charge < -0.3 is 10.5 Å². The van der Waals surface area contributed by atoms with Crippen LogP contribution in [0.4, 0.5) is 0 Å². The highest BCUT2D eigenvalue weighted by molar-refractivity contribution is 6.30. The van der Waals surface area contributed by atoms with Crippen molar-refractivity contribution in [2.45, 2.75) is 39.7 Å². The standard InChI is InChI=1S/C15H23ClN2O/c1-15(2,14(17)18)9-3-4-10-19-11-12-5-7-13(16)8-6-12/h5-8H,3-4,9-11H2,1-2H3,(H3,17,18). The summed E-state index contributed by atoms with van der Waals surface area (Å²) >= 11 is 5.81. The van der Waals surface area contributed by atoms with E-state index in [1.165, 1.54) is 0 Å². The van der Waals surface area contributed by atoms with Crippen molar-refractivity contribution in [1.82, 2.24) is 0 Å². The molecule has 0 aliphatic rings. The molecule has 4 heteroatoms. The van der Waals surface area contributed by atoms with Crippen molar-refractivity contribution in [2.24, 2.45) is 11.1 Å². The van der Waals surface area contributed by atoms with E-state index in [1.54, 1.807) is 0 Å². The molecular weight excluding hydrogens is 260 g/mol. The molecular formula is C15H23ClN2O. The van der Waals surface area contributed by atoms with Crippen molar-refractivity contribution in [3.63, 3.8) is 0 Å². The molecule has 0 fully saturated rings. The molecule has 106 valence electrons. The maximum absolute atomic E-state index is 7.48. The molecule has 0 saturated carbocycles. The van der Waals surface area contributed by atoms with Crippen LogP contribution < -0.4 is 5.73 Å². The predicted molar refractivity (Wildman–Crippen MR) is 80.7 cm³/mol. The van der Waals surface area contributed by atoms with Crippen LogP contribution in [0.15, 0.2) is 24.3 Å². The number of amidine groups is 1. The minimum atomic E-state index is -0.198. The smallest absolute Gasteiger partial charge is 0.0963 e. The Hall–Kier alpha value is -1.06. The first kappa shape index (κ1) is 16.0. The zero-order valence-corrected chi connectivity index (χ0v) is 12.5. The number of ether oxygens (including phenoxy) is 1. The van der Waals surface area contributed by atoms with E-state index in [4.69, 9.17) is 27.5 Å². The number of benzene rings is 1. The highest BCUT2D eigenvalue weighted by Gasteiger charge is 2.20. The van der Waals surface area contributed by atoms with Gasteiger partial charge in [0.05, 0.1) is 12.4 Å². The molecule has 1 rings (SSSR count). The van der Waals surface area contributed by atoms with Crippen molar-refractivity contribution >= 4 is 17.4 Å². The number of hydrogen-bond donors (Lipinski definition) is 2. The molecule has 0 bridgehead atoms. The van der Waals surface area contributed by atoms with Crippen LogP contribution in [0.1, 0.15) is 38.7 Å². The van der Waals surface area contributed by atoms with E-state index >= 15 is 0 Å². The maximum Gasteiger partial charge on any atom is 0.0963 e. The summed E-state index contributed by atoms with van der Waals surface area (Å²) in [5, 5.41) is 8.22. The van der Waals surface area contributed by atoms with Gasteiger partial charge >= 0.3 is 0 Å². The number of hydrogen-bond acceptors (Lipinski definition) is 2. The van der Waals surface area contributed by atoms with Crippen LogP contribution in [-0.4, -0.2) is 12.4 Å². The summed E-state index contributed by atoms with van der Waals surface area (Å²) < 4.78 is 5.61. The zero-order valence-electron chi connectivity index (χ0n) is 11.7. The molecule has 3 N–H and O–H groups in total. The second-order valence-corrected chi connectivity index (χ2v) is 5.87. The zero-order chi connectivity index (χ0) is 14.3. The highest BCUT2D eigenvalue weighted by atomic mass is 35.5. The largest absolute Gasteiger partial charge is 0.387 e. The summed E-state index contributed by atoms with van der Waals surface area (Å²) in [5.41, 5.74) is 6.48. The molecule has 0 unspecified atom stereocenters. The van der Waals surface area contributed by atoms with Crippen LogP contribution in [0.3, 0.4) is 0 Å². The minimum absolute atomic E-state index is 0.198. The third-order valence-corrected chi connectivity index (χ3v) is 3.50. The van der Waals surface area contributed by atoms with E-state index in [2.05, 4.69) is 0 Å². The number of unbranched alkanes of at least 4 members (excludes halogenated alkanes) is 1. The van der Waals surface area contributed by atoms with Crippen molar-refractivity contribution in [1.29, 1.82) is 5.41 Å². The van der Waals surface area contributed by atoms with Crippen LogP contribution >= 0.6 is 11.6 Å². The quantitative estimate of drug-likeness (QED) is 0.430. The van der Waals surface area contributed by atoms with E-state index in [9.17, 15) is 0 Å². The predicted octanol–water partition coefficient (Wildman–Crippen LogP) is 3.99. The Bertz CT molecular complexity index is 401. The third-order valence-electron chi connectivity index (χ3n) is 3.25. The van der Waals surface area contributed by atoms with Crippen molar-refractivity contribution in [3.8, 4) is 0 Å². The van der Waals surface area contributed by atoms with Gasteiger partial charge in [0, 0.05) is 17.0 Å². The van der Waals surface area contributed by atoms with Gasteiger partial charge in [-0.15, -0.1) is 0 Å². The Balaban J connectivity index is 2.12. The monoisotopic (exact) mass is 282 g/mol. The van der Waals surface area contributed by atoms with Crippen LogP contribution in [0.25, 0.3) is 0 Å². The normalized spacial score (nSPS) is 11.5. The maximum atomic E-state index is 7.48. The molecule has 0 aliphatic carbocycles. The fraction of sp³-hybridized carbons (Fsp3) is 0.533. The van der Waals surface area contributed by atoms with Crippen LogP contribution in [0.5, 0.6) is 0 Å². The Labute approximate surface area is 120 Å². The van der Waals surface area contributed by atoms with E-state index in [0.717, 1.165) is 36.5 Å². The number of rotatable bonds is 8.